The van der Waals surface area contributed by atoms with Crippen molar-refractivity contribution >= 4 is 11.9 Å². The Kier molecular flexibility index (Phi) is 8.63. The van der Waals surface area contributed by atoms with Crippen LogP contribution in [0.25, 0.3) is 0 Å². The van der Waals surface area contributed by atoms with Gasteiger partial charge in [0.1, 0.15) is 11.9 Å². The first-order chi connectivity index (χ1) is 19.7. The van der Waals surface area contributed by atoms with Gasteiger partial charge in [-0.2, -0.15) is 39.5 Å². The van der Waals surface area contributed by atoms with E-state index < -0.39 is 65.6 Å². The van der Waals surface area contributed by atoms with Crippen molar-refractivity contribution < 1.29 is 53.5 Å². The van der Waals surface area contributed by atoms with Crippen molar-refractivity contribution in [1.29, 1.82) is 0 Å². The fourth-order valence-electron chi connectivity index (χ4n) is 5.67. The monoisotopic (exact) mass is 627 g/mol. The summed E-state index contributed by atoms with van der Waals surface area (Å²) in [5.74, 6) is 0.217. The van der Waals surface area contributed by atoms with Crippen molar-refractivity contribution in [2.75, 3.05) is 38.6 Å². The minimum absolute atomic E-state index is 0.0282. The second-order valence-electron chi connectivity index (χ2n) is 11.6. The highest BCUT2D eigenvalue weighted by Crippen LogP contribution is 2.42. The van der Waals surface area contributed by atoms with Gasteiger partial charge in [0.15, 0.2) is 0 Å². The zero-order chi connectivity index (χ0) is 32.1. The summed E-state index contributed by atoms with van der Waals surface area (Å²) in [6.45, 7) is 4.76. The Morgan fingerprint density at radius 3 is 1.93 bits per heavy atom. The maximum atomic E-state index is 13.7. The van der Waals surface area contributed by atoms with Crippen LogP contribution in [0.15, 0.2) is 30.5 Å². The van der Waals surface area contributed by atoms with Crippen LogP contribution in [0.5, 0.6) is 0 Å². The number of amides is 1. The van der Waals surface area contributed by atoms with Gasteiger partial charge in [-0.15, -0.1) is 0 Å². The van der Waals surface area contributed by atoms with Gasteiger partial charge in [0.25, 0.3) is 0 Å². The summed E-state index contributed by atoms with van der Waals surface area (Å²) in [6, 6.07) is 0.628. The van der Waals surface area contributed by atoms with Crippen molar-refractivity contribution in [3.8, 4) is 0 Å². The Hall–Kier alpha value is -3.23. The number of ether oxygens (including phenoxy) is 1. The van der Waals surface area contributed by atoms with Crippen LogP contribution in [0.3, 0.4) is 0 Å². The molecule has 0 unspecified atom stereocenters. The first-order valence-corrected chi connectivity index (χ1v) is 13.6. The highest BCUT2D eigenvalue weighted by Gasteiger charge is 2.44. The quantitative estimate of drug-likeness (QED) is 0.250. The molecule has 1 amide bonds. The fourth-order valence-corrected chi connectivity index (χ4v) is 5.67. The molecule has 0 spiro atoms. The molecular weight excluding hydrogens is 595 g/mol. The van der Waals surface area contributed by atoms with Crippen LogP contribution in [0.1, 0.15) is 60.6 Å². The third-order valence-electron chi connectivity index (χ3n) is 8.13. The van der Waals surface area contributed by atoms with E-state index in [1.807, 2.05) is 11.8 Å². The number of benzene rings is 1. The number of cyclic esters (lactones) is 1. The molecule has 0 radical (unpaired) electrons. The van der Waals surface area contributed by atoms with Crippen LogP contribution >= 0.6 is 0 Å². The molecule has 0 bridgehead atoms. The molecule has 3 heterocycles. The second kappa shape index (κ2) is 11.4. The molecule has 2 aliphatic heterocycles. The predicted octanol–water partition coefficient (Wildman–Crippen LogP) is 7.29. The number of quaternary nitrogens is 1. The van der Waals surface area contributed by atoms with E-state index in [1.165, 1.54) is 6.92 Å². The number of anilines is 1. The van der Waals surface area contributed by atoms with Gasteiger partial charge in [0, 0.05) is 37.2 Å². The lowest BCUT2D eigenvalue weighted by molar-refractivity contribution is -0.895. The normalized spacial score (nSPS) is 21.7. The van der Waals surface area contributed by atoms with E-state index >= 15 is 0 Å². The van der Waals surface area contributed by atoms with E-state index in [-0.39, 0.29) is 23.5 Å². The molecule has 6 nitrogen and oxygen atoms in total. The lowest BCUT2D eigenvalue weighted by atomic mass is 9.97. The smallest absolute Gasteiger partial charge is 0.417 e. The number of rotatable bonds is 6. The number of likely N-dealkylation sites (tertiary alicyclic amines) is 1. The van der Waals surface area contributed by atoms with Crippen LogP contribution in [-0.4, -0.2) is 66.3 Å². The maximum absolute atomic E-state index is 13.7. The summed E-state index contributed by atoms with van der Waals surface area (Å²) in [7, 11) is 4.15. The number of piperidine rings is 1. The third kappa shape index (κ3) is 7.13. The molecule has 43 heavy (non-hydrogen) atoms. The van der Waals surface area contributed by atoms with Crippen molar-refractivity contribution in [2.24, 2.45) is 0 Å². The van der Waals surface area contributed by atoms with Crippen LogP contribution in [0, 0.1) is 0 Å². The van der Waals surface area contributed by atoms with Crippen molar-refractivity contribution in [1.82, 2.24) is 9.88 Å². The predicted molar refractivity (Wildman–Crippen MR) is 138 cm³/mol. The topological polar surface area (TPSA) is 45.7 Å². The Bertz CT molecular complexity index is 1300. The largest absolute Gasteiger partial charge is 0.439 e. The molecule has 2 fully saturated rings. The molecule has 238 valence electrons. The molecule has 1 aromatic carbocycles. The summed E-state index contributed by atoms with van der Waals surface area (Å²) >= 11 is 0. The molecule has 2 atom stereocenters. The number of nitrogens with zero attached hydrogens (tertiary/aromatic N) is 4. The van der Waals surface area contributed by atoms with Crippen LogP contribution in [-0.2, 0) is 29.8 Å². The number of pyridine rings is 1. The standard InChI is InChI=1S/C28H32F9N4O2/c1-5-39(22-6-8-41(3,4)9-7-22)24-18(12-21(14-38-24)28(35,36)37)15-40-16(2)23(43-25(40)42)17-10-19(26(29,30)31)13-20(11-17)27(32,33)34/h10-14,16,22-23H,5-9,15H2,1-4H3/q+1/t16-,23-/m0/s1. The van der Waals surface area contributed by atoms with Gasteiger partial charge in [-0.05, 0) is 43.7 Å². The Balaban J connectivity index is 1.70. The van der Waals surface area contributed by atoms with Gasteiger partial charge in [-0.1, -0.05) is 0 Å². The molecule has 4 rings (SSSR count). The minimum Gasteiger partial charge on any atom is -0.439 e. The fraction of sp³-hybridized carbons (Fsp3) is 0.571. The average molecular weight is 628 g/mol. The van der Waals surface area contributed by atoms with Gasteiger partial charge in [0.05, 0.1) is 56.5 Å². The molecule has 0 aliphatic carbocycles. The average Bonchev–Trinajstić information content (AvgIpc) is 3.17. The van der Waals surface area contributed by atoms with Gasteiger partial charge in [0.2, 0.25) is 0 Å². The number of halogens is 9. The highest BCUT2D eigenvalue weighted by atomic mass is 19.4. The third-order valence-corrected chi connectivity index (χ3v) is 8.13. The molecule has 0 saturated carbocycles. The van der Waals surface area contributed by atoms with Crippen LogP contribution < -0.4 is 4.90 Å². The van der Waals surface area contributed by atoms with E-state index in [2.05, 4.69) is 19.1 Å². The summed E-state index contributed by atoms with van der Waals surface area (Å²) < 4.78 is 128. The molecule has 2 saturated heterocycles. The van der Waals surface area contributed by atoms with Crippen molar-refractivity contribution in [2.45, 2.75) is 70.0 Å². The van der Waals surface area contributed by atoms with Gasteiger partial charge >= 0.3 is 24.6 Å². The molecule has 1 aromatic heterocycles. The van der Waals surface area contributed by atoms with E-state index in [0.717, 1.165) is 41.4 Å². The van der Waals surface area contributed by atoms with E-state index in [1.54, 1.807) is 0 Å². The van der Waals surface area contributed by atoms with Gasteiger partial charge < -0.3 is 14.1 Å². The molecule has 15 heteroatoms. The SMILES string of the molecule is CCN(c1ncc(C(F)(F)F)cc1CN1C(=O)O[C@H](c2cc(C(F)(F)F)cc(C(F)(F)F)c2)[C@@H]1C)C1CC[N+](C)(C)CC1. The second-order valence-corrected chi connectivity index (χ2v) is 11.6. The zero-order valence-corrected chi connectivity index (χ0v) is 23.9. The van der Waals surface area contributed by atoms with Crippen molar-refractivity contribution in [3.63, 3.8) is 0 Å². The van der Waals surface area contributed by atoms with Crippen LogP contribution in [0.2, 0.25) is 0 Å². The number of aromatic nitrogens is 1. The number of hydrogen-bond acceptors (Lipinski definition) is 4. The number of carbonyl (C=O) groups is 1. The Morgan fingerprint density at radius 2 is 1.44 bits per heavy atom. The zero-order valence-electron chi connectivity index (χ0n) is 23.9. The Morgan fingerprint density at radius 1 is 0.907 bits per heavy atom. The number of hydrogen-bond donors (Lipinski definition) is 0. The number of carbonyl (C=O) groups excluding carboxylic acids is 1. The van der Waals surface area contributed by atoms with Crippen LogP contribution in [0.4, 0.5) is 50.1 Å². The maximum Gasteiger partial charge on any atom is 0.417 e. The number of alkyl halides is 9. The van der Waals surface area contributed by atoms with Gasteiger partial charge in [-0.3, -0.25) is 4.90 Å². The molecule has 2 aliphatic rings. The molecule has 0 N–H and O–H groups in total. The van der Waals surface area contributed by atoms with Gasteiger partial charge in [-0.25, -0.2) is 9.78 Å². The Labute approximate surface area is 242 Å². The lowest BCUT2D eigenvalue weighted by Crippen LogP contribution is -2.52. The highest BCUT2D eigenvalue weighted by molar-refractivity contribution is 5.71. The summed E-state index contributed by atoms with van der Waals surface area (Å²) in [5.41, 5.74) is -4.72. The van der Waals surface area contributed by atoms with Crippen molar-refractivity contribution in [3.05, 3.63) is 58.3 Å². The first kappa shape index (κ1) is 32.7. The summed E-state index contributed by atoms with van der Waals surface area (Å²) in [6.07, 6.45) is -15.4. The molecular formula is C28H32F9N4O2+. The lowest BCUT2D eigenvalue weighted by Gasteiger charge is -2.42. The molecule has 2 aromatic rings. The van der Waals surface area contributed by atoms with E-state index in [9.17, 15) is 44.3 Å². The first-order valence-electron chi connectivity index (χ1n) is 13.6. The van der Waals surface area contributed by atoms with E-state index in [0.29, 0.717) is 24.9 Å². The summed E-state index contributed by atoms with van der Waals surface area (Å²) in [4.78, 5) is 20.0. The van der Waals surface area contributed by atoms with E-state index in [4.69, 9.17) is 4.74 Å². The summed E-state index contributed by atoms with van der Waals surface area (Å²) in [5, 5.41) is 0. The minimum atomic E-state index is -5.11.